The minimum Gasteiger partial charge on any atom is -0.496 e. The summed E-state index contributed by atoms with van der Waals surface area (Å²) in [5, 5.41) is 3.23. The first-order chi connectivity index (χ1) is 14.8. The lowest BCUT2D eigenvalue weighted by Crippen LogP contribution is -2.28. The van der Waals surface area contributed by atoms with Gasteiger partial charge >= 0.3 is 0 Å². The maximum Gasteiger partial charge on any atom is 0.258 e. The van der Waals surface area contributed by atoms with E-state index in [4.69, 9.17) is 16.3 Å². The molecule has 0 atom stereocenters. The van der Waals surface area contributed by atoms with Gasteiger partial charge in [0.15, 0.2) is 0 Å². The molecule has 5 nitrogen and oxygen atoms in total. The number of nitrogens with one attached hydrogen (secondary N) is 1. The molecule has 0 aliphatic carbocycles. The van der Waals surface area contributed by atoms with Crippen molar-refractivity contribution in [2.75, 3.05) is 19.5 Å². The van der Waals surface area contributed by atoms with Crippen LogP contribution in [-0.2, 0) is 6.54 Å². The Morgan fingerprint density at radius 3 is 2.48 bits per heavy atom. The van der Waals surface area contributed by atoms with Gasteiger partial charge in [-0.3, -0.25) is 9.59 Å². The molecular weight excluding hydrogens is 419 g/mol. The predicted octanol–water partition coefficient (Wildman–Crippen LogP) is 5.32. The summed E-state index contributed by atoms with van der Waals surface area (Å²) < 4.78 is 19.4. The summed E-state index contributed by atoms with van der Waals surface area (Å²) in [5.41, 5.74) is 1.97. The van der Waals surface area contributed by atoms with Crippen molar-refractivity contribution < 1.29 is 18.7 Å². The van der Waals surface area contributed by atoms with Crippen molar-refractivity contribution in [2.45, 2.75) is 13.5 Å². The quantitative estimate of drug-likeness (QED) is 0.564. The molecule has 0 aromatic heterocycles. The Morgan fingerprint density at radius 1 is 1.06 bits per heavy atom. The first kappa shape index (κ1) is 22.3. The number of methoxy groups -OCH3 is 1. The third kappa shape index (κ3) is 5.03. The van der Waals surface area contributed by atoms with Crippen LogP contribution in [0.3, 0.4) is 0 Å². The number of benzene rings is 3. The van der Waals surface area contributed by atoms with E-state index in [2.05, 4.69) is 5.32 Å². The molecule has 0 radical (unpaired) electrons. The van der Waals surface area contributed by atoms with Crippen molar-refractivity contribution in [3.05, 3.63) is 93.8 Å². The van der Waals surface area contributed by atoms with Crippen LogP contribution in [0.15, 0.2) is 60.7 Å². The molecule has 0 aliphatic heterocycles. The van der Waals surface area contributed by atoms with E-state index >= 15 is 0 Å². The van der Waals surface area contributed by atoms with Crippen LogP contribution < -0.4 is 10.1 Å². The minimum absolute atomic E-state index is 0.0961. The van der Waals surface area contributed by atoms with Gasteiger partial charge in [-0.15, -0.1) is 0 Å². The lowest BCUT2D eigenvalue weighted by Gasteiger charge is -2.21. The summed E-state index contributed by atoms with van der Waals surface area (Å²) in [5.74, 6) is -0.955. The number of para-hydroxylation sites is 1. The molecule has 2 amide bonds. The third-order valence-corrected chi connectivity index (χ3v) is 5.09. The van der Waals surface area contributed by atoms with Crippen molar-refractivity contribution in [3.8, 4) is 5.75 Å². The lowest BCUT2D eigenvalue weighted by molar-refractivity contribution is 0.0785. The van der Waals surface area contributed by atoms with Gasteiger partial charge in [0.1, 0.15) is 11.6 Å². The van der Waals surface area contributed by atoms with E-state index in [0.717, 1.165) is 5.56 Å². The zero-order valence-electron chi connectivity index (χ0n) is 17.4. The Kier molecular flexibility index (Phi) is 6.92. The van der Waals surface area contributed by atoms with Gasteiger partial charge in [0.05, 0.1) is 23.9 Å². The molecule has 0 heterocycles. The summed E-state index contributed by atoms with van der Waals surface area (Å²) in [6, 6.07) is 16.0. The van der Waals surface area contributed by atoms with E-state index in [1.54, 1.807) is 63.5 Å². The monoisotopic (exact) mass is 440 g/mol. The topological polar surface area (TPSA) is 58.6 Å². The molecule has 31 heavy (non-hydrogen) atoms. The maximum absolute atomic E-state index is 14.0. The third-order valence-electron chi connectivity index (χ3n) is 4.86. The fraction of sp³-hybridized carbons (Fsp3) is 0.167. The Bertz CT molecular complexity index is 1130. The standard InChI is InChI=1S/C24H22ClFN2O3/c1-15-7-6-9-19(22(15)27-23(29)18-8-4-5-10-20(18)26)24(30)28(2)14-16-13-17(25)11-12-21(16)31-3/h4-13H,14H2,1-3H3,(H,27,29). The molecule has 3 aromatic carbocycles. The molecule has 0 fully saturated rings. The zero-order valence-corrected chi connectivity index (χ0v) is 18.2. The summed E-state index contributed by atoms with van der Waals surface area (Å²) in [7, 11) is 3.19. The average molecular weight is 441 g/mol. The summed E-state index contributed by atoms with van der Waals surface area (Å²) in [6.45, 7) is 2.02. The van der Waals surface area contributed by atoms with E-state index in [1.165, 1.54) is 23.1 Å². The van der Waals surface area contributed by atoms with Crippen molar-refractivity contribution in [1.82, 2.24) is 4.90 Å². The SMILES string of the molecule is COc1ccc(Cl)cc1CN(C)C(=O)c1cccc(C)c1NC(=O)c1ccccc1F. The van der Waals surface area contributed by atoms with Gasteiger partial charge in [-0.05, 0) is 48.9 Å². The summed E-state index contributed by atoms with van der Waals surface area (Å²) >= 11 is 6.09. The maximum atomic E-state index is 14.0. The van der Waals surface area contributed by atoms with Crippen molar-refractivity contribution in [1.29, 1.82) is 0 Å². The Hall–Kier alpha value is -3.38. The van der Waals surface area contributed by atoms with E-state index in [-0.39, 0.29) is 18.0 Å². The van der Waals surface area contributed by atoms with E-state index in [1.807, 2.05) is 0 Å². The highest BCUT2D eigenvalue weighted by Gasteiger charge is 2.21. The van der Waals surface area contributed by atoms with E-state index < -0.39 is 11.7 Å². The fourth-order valence-corrected chi connectivity index (χ4v) is 3.44. The number of halogens is 2. The molecule has 0 saturated carbocycles. The molecule has 3 aromatic rings. The lowest BCUT2D eigenvalue weighted by atomic mass is 10.1. The predicted molar refractivity (Wildman–Crippen MR) is 119 cm³/mol. The number of anilines is 1. The van der Waals surface area contributed by atoms with Crippen LogP contribution in [0.25, 0.3) is 0 Å². The molecular formula is C24H22ClFN2O3. The highest BCUT2D eigenvalue weighted by atomic mass is 35.5. The van der Waals surface area contributed by atoms with Gasteiger partial charge in [0.2, 0.25) is 0 Å². The van der Waals surface area contributed by atoms with Crippen molar-refractivity contribution >= 4 is 29.1 Å². The van der Waals surface area contributed by atoms with Crippen LogP contribution in [0.4, 0.5) is 10.1 Å². The Morgan fingerprint density at radius 2 is 1.77 bits per heavy atom. The van der Waals surface area contributed by atoms with Gasteiger partial charge in [-0.2, -0.15) is 0 Å². The van der Waals surface area contributed by atoms with E-state index in [9.17, 15) is 14.0 Å². The number of carbonyl (C=O) groups is 2. The van der Waals surface area contributed by atoms with Crippen LogP contribution in [0.1, 0.15) is 31.8 Å². The van der Waals surface area contributed by atoms with Crippen LogP contribution in [-0.4, -0.2) is 30.9 Å². The molecule has 1 N–H and O–H groups in total. The van der Waals surface area contributed by atoms with Crippen LogP contribution in [0.2, 0.25) is 5.02 Å². The van der Waals surface area contributed by atoms with Gasteiger partial charge in [0.25, 0.3) is 11.8 Å². The number of carbonyl (C=O) groups excluding carboxylic acids is 2. The molecule has 0 aliphatic rings. The number of rotatable bonds is 6. The molecule has 7 heteroatoms. The van der Waals surface area contributed by atoms with Crippen molar-refractivity contribution in [2.24, 2.45) is 0 Å². The second-order valence-corrected chi connectivity index (χ2v) is 7.49. The van der Waals surface area contributed by atoms with Crippen LogP contribution >= 0.6 is 11.6 Å². The molecule has 0 bridgehead atoms. The van der Waals surface area contributed by atoms with Gasteiger partial charge < -0.3 is 15.0 Å². The number of hydrogen-bond donors (Lipinski definition) is 1. The molecule has 0 saturated heterocycles. The highest BCUT2D eigenvalue weighted by Crippen LogP contribution is 2.27. The molecule has 0 spiro atoms. The molecule has 3 rings (SSSR count). The number of aryl methyl sites for hydroxylation is 1. The van der Waals surface area contributed by atoms with Crippen LogP contribution in [0.5, 0.6) is 5.75 Å². The Balaban J connectivity index is 1.88. The number of amides is 2. The normalized spacial score (nSPS) is 10.5. The number of hydrogen-bond acceptors (Lipinski definition) is 3. The number of nitrogens with zero attached hydrogens (tertiary/aromatic N) is 1. The molecule has 160 valence electrons. The van der Waals surface area contributed by atoms with Gasteiger partial charge in [-0.1, -0.05) is 35.9 Å². The number of ether oxygens (including phenoxy) is 1. The average Bonchev–Trinajstić information content (AvgIpc) is 2.75. The smallest absolute Gasteiger partial charge is 0.258 e. The highest BCUT2D eigenvalue weighted by molar-refractivity contribution is 6.30. The zero-order chi connectivity index (χ0) is 22.5. The van der Waals surface area contributed by atoms with Gasteiger partial charge in [0, 0.05) is 24.2 Å². The van der Waals surface area contributed by atoms with Crippen molar-refractivity contribution in [3.63, 3.8) is 0 Å². The largest absolute Gasteiger partial charge is 0.496 e. The second-order valence-electron chi connectivity index (χ2n) is 7.05. The molecule has 0 unspecified atom stereocenters. The van der Waals surface area contributed by atoms with Crippen LogP contribution in [0, 0.1) is 12.7 Å². The second kappa shape index (κ2) is 9.62. The summed E-state index contributed by atoms with van der Waals surface area (Å²) in [6.07, 6.45) is 0. The first-order valence-electron chi connectivity index (χ1n) is 9.55. The van der Waals surface area contributed by atoms with E-state index in [0.29, 0.717) is 27.6 Å². The fourth-order valence-electron chi connectivity index (χ4n) is 3.24. The van der Waals surface area contributed by atoms with Gasteiger partial charge in [-0.25, -0.2) is 4.39 Å². The minimum atomic E-state index is -0.633. The summed E-state index contributed by atoms with van der Waals surface area (Å²) in [4.78, 5) is 27.4. The first-order valence-corrected chi connectivity index (χ1v) is 9.93. The Labute approximate surface area is 185 Å².